The number of hydrogen-bond acceptors (Lipinski definition) is 16. The van der Waals surface area contributed by atoms with Gasteiger partial charge in [-0.2, -0.15) is 48.8 Å². The second-order valence-corrected chi connectivity index (χ2v) is 9.60. The SMILES string of the molecule is CSCCC(N)C(=O)O.CSCCC(N)C(=O)O.NC(CS)C(=O)O.NC(CS)C(=O)O.NCC(=O)O.NCC(=O)O. The van der Waals surface area contributed by atoms with Gasteiger partial charge < -0.3 is 65.0 Å². The normalized spacial score (nSPS) is 11.9. The van der Waals surface area contributed by atoms with Crippen LogP contribution in [0.5, 0.6) is 0 Å². The van der Waals surface area contributed by atoms with Crippen molar-refractivity contribution >= 4 is 84.6 Å². The first-order valence-corrected chi connectivity index (χ1v) is 15.3. The summed E-state index contributed by atoms with van der Waals surface area (Å²) < 4.78 is 0. The summed E-state index contributed by atoms with van der Waals surface area (Å²) in [5, 5.41) is 47.8. The molecule has 0 saturated heterocycles. The van der Waals surface area contributed by atoms with Crippen molar-refractivity contribution in [1.29, 1.82) is 0 Å². The van der Waals surface area contributed by atoms with Gasteiger partial charge in [0.25, 0.3) is 0 Å². The fourth-order valence-corrected chi connectivity index (χ4v) is 2.18. The zero-order chi connectivity index (χ0) is 34.8. The van der Waals surface area contributed by atoms with E-state index in [1.54, 1.807) is 23.5 Å². The minimum Gasteiger partial charge on any atom is -0.480 e. The molecular formula is C20H46N6O12S4. The largest absolute Gasteiger partial charge is 0.480 e. The molecule has 252 valence electrons. The van der Waals surface area contributed by atoms with E-state index in [0.29, 0.717) is 12.8 Å². The zero-order valence-corrected chi connectivity index (χ0v) is 26.7. The monoisotopic (exact) mass is 690 g/mol. The van der Waals surface area contributed by atoms with Gasteiger partial charge in [-0.3, -0.25) is 28.8 Å². The van der Waals surface area contributed by atoms with Gasteiger partial charge >= 0.3 is 35.8 Å². The van der Waals surface area contributed by atoms with E-state index >= 15 is 0 Å². The van der Waals surface area contributed by atoms with E-state index in [9.17, 15) is 28.8 Å². The summed E-state index contributed by atoms with van der Waals surface area (Å²) in [5.41, 5.74) is 29.4. The maximum Gasteiger partial charge on any atom is 0.321 e. The Morgan fingerprint density at radius 1 is 0.548 bits per heavy atom. The molecule has 0 spiro atoms. The van der Waals surface area contributed by atoms with Gasteiger partial charge in [-0.05, 0) is 36.9 Å². The molecule has 0 radical (unpaired) electrons. The highest BCUT2D eigenvalue weighted by Crippen LogP contribution is 1.98. The average Bonchev–Trinajstić information content (AvgIpc) is 2.94. The van der Waals surface area contributed by atoms with Crippen LogP contribution in [-0.4, -0.2) is 139 Å². The number of aliphatic carboxylic acids is 6. The lowest BCUT2D eigenvalue weighted by Gasteiger charge is -2.02. The van der Waals surface area contributed by atoms with Gasteiger partial charge in [-0.25, -0.2) is 0 Å². The molecule has 0 fully saturated rings. The maximum atomic E-state index is 10.1. The third-order valence-corrected chi connectivity index (χ3v) is 5.35. The van der Waals surface area contributed by atoms with E-state index in [1.165, 1.54) is 0 Å². The number of thioether (sulfide) groups is 2. The second kappa shape index (κ2) is 39.0. The molecule has 42 heavy (non-hydrogen) atoms. The molecule has 0 aliphatic heterocycles. The topological polar surface area (TPSA) is 380 Å². The Morgan fingerprint density at radius 3 is 0.810 bits per heavy atom. The van der Waals surface area contributed by atoms with Crippen LogP contribution in [0, 0.1) is 0 Å². The minimum absolute atomic E-state index is 0.190. The Bertz CT molecular complexity index is 671. The van der Waals surface area contributed by atoms with Crippen LogP contribution in [0.15, 0.2) is 0 Å². The molecule has 0 aliphatic rings. The van der Waals surface area contributed by atoms with Crippen molar-refractivity contribution < 1.29 is 59.4 Å². The molecule has 0 bridgehead atoms. The number of hydrogen-bond donors (Lipinski definition) is 14. The predicted octanol–water partition coefficient (Wildman–Crippen LogP) is -2.98. The lowest BCUT2D eigenvalue weighted by atomic mass is 10.2. The number of rotatable bonds is 14. The lowest BCUT2D eigenvalue weighted by Crippen LogP contribution is -2.31. The quantitative estimate of drug-likeness (QED) is 0.0808. The van der Waals surface area contributed by atoms with Crippen molar-refractivity contribution in [2.24, 2.45) is 34.4 Å². The van der Waals surface area contributed by atoms with Crippen molar-refractivity contribution in [2.75, 3.05) is 48.6 Å². The van der Waals surface area contributed by atoms with E-state index in [2.05, 4.69) is 36.7 Å². The average molecular weight is 691 g/mol. The highest BCUT2D eigenvalue weighted by Gasteiger charge is 2.10. The Kier molecular flexibility index (Phi) is 48.8. The Morgan fingerprint density at radius 2 is 0.738 bits per heavy atom. The van der Waals surface area contributed by atoms with Crippen molar-refractivity contribution in [1.82, 2.24) is 0 Å². The number of thiol groups is 2. The van der Waals surface area contributed by atoms with Gasteiger partial charge in [-0.15, -0.1) is 0 Å². The third kappa shape index (κ3) is 57.8. The molecule has 4 atom stereocenters. The third-order valence-electron chi connectivity index (χ3n) is 3.28. The molecule has 0 rings (SSSR count). The van der Waals surface area contributed by atoms with Gasteiger partial charge in [-0.1, -0.05) is 0 Å². The van der Waals surface area contributed by atoms with Gasteiger partial charge in [0.2, 0.25) is 0 Å². The van der Waals surface area contributed by atoms with Crippen LogP contribution in [-0.2, 0) is 28.8 Å². The molecule has 18 nitrogen and oxygen atoms in total. The Balaban J connectivity index is -0.0000000940. The fourth-order valence-electron chi connectivity index (χ4n) is 0.893. The molecule has 18 N–H and O–H groups in total. The molecular weight excluding hydrogens is 645 g/mol. The van der Waals surface area contributed by atoms with Gasteiger partial charge in [0.1, 0.15) is 24.2 Å². The predicted molar refractivity (Wildman–Crippen MR) is 170 cm³/mol. The van der Waals surface area contributed by atoms with E-state index in [4.69, 9.17) is 53.6 Å². The maximum absolute atomic E-state index is 10.1. The van der Waals surface area contributed by atoms with Crippen molar-refractivity contribution in [3.63, 3.8) is 0 Å². The molecule has 0 amide bonds. The van der Waals surface area contributed by atoms with Crippen molar-refractivity contribution in [3.8, 4) is 0 Å². The Labute approximate surface area is 263 Å². The number of carboxylic acid groups (broad SMARTS) is 6. The minimum atomic E-state index is -1.00. The van der Waals surface area contributed by atoms with Crippen molar-refractivity contribution in [2.45, 2.75) is 37.0 Å². The number of carbonyl (C=O) groups is 6. The first-order chi connectivity index (χ1) is 19.3. The number of carboxylic acids is 6. The van der Waals surface area contributed by atoms with E-state index in [0.717, 1.165) is 11.5 Å². The lowest BCUT2D eigenvalue weighted by molar-refractivity contribution is -0.139. The molecule has 0 heterocycles. The van der Waals surface area contributed by atoms with E-state index < -0.39 is 60.0 Å². The number of nitrogens with two attached hydrogens (primary N) is 6. The second-order valence-electron chi connectivity index (χ2n) is 6.90. The van der Waals surface area contributed by atoms with Crippen LogP contribution in [0.3, 0.4) is 0 Å². The smallest absolute Gasteiger partial charge is 0.321 e. The molecule has 4 unspecified atom stereocenters. The van der Waals surface area contributed by atoms with Gasteiger partial charge in [0.05, 0.1) is 13.1 Å². The van der Waals surface area contributed by atoms with Crippen molar-refractivity contribution in [3.05, 3.63) is 0 Å². The molecule has 0 aromatic heterocycles. The summed E-state index contributed by atoms with van der Waals surface area (Å²) in [4.78, 5) is 58.1. The first-order valence-electron chi connectivity index (χ1n) is 11.2. The molecule has 22 heteroatoms. The van der Waals surface area contributed by atoms with Gasteiger partial charge in [0.15, 0.2) is 0 Å². The first kappa shape index (κ1) is 52.6. The highest BCUT2D eigenvalue weighted by molar-refractivity contribution is 7.98. The summed E-state index contributed by atoms with van der Waals surface area (Å²) in [6, 6.07) is -3.00. The molecule has 0 saturated carbocycles. The van der Waals surface area contributed by atoms with Crippen LogP contribution in [0.25, 0.3) is 0 Å². The standard InChI is InChI=1S/2C5H11NO2S.2C3H7NO2S.2C2H5NO2/c2*1-9-3-2-4(6)5(7)8;2*4-2(1-7)3(5)6;2*3-1-2(4)5/h2*4H,2-3,6H2,1H3,(H,7,8);2*2,7H,1,4H2,(H,5,6);2*1,3H2,(H,4,5). The summed E-state index contributed by atoms with van der Waals surface area (Å²) in [5.74, 6) is -3.76. The van der Waals surface area contributed by atoms with Crippen LogP contribution < -0.4 is 34.4 Å². The molecule has 0 aromatic rings. The van der Waals surface area contributed by atoms with E-state index in [-0.39, 0.29) is 24.6 Å². The van der Waals surface area contributed by atoms with Crippen LogP contribution >= 0.6 is 48.8 Å². The van der Waals surface area contributed by atoms with Crippen LogP contribution in [0.1, 0.15) is 12.8 Å². The summed E-state index contributed by atoms with van der Waals surface area (Å²) in [6.07, 6.45) is 4.95. The Hall–Kier alpha value is -2.02. The highest BCUT2D eigenvalue weighted by atomic mass is 32.2. The molecule has 0 aromatic carbocycles. The summed E-state index contributed by atoms with van der Waals surface area (Å²) in [7, 11) is 0. The van der Waals surface area contributed by atoms with Gasteiger partial charge in [0, 0.05) is 11.5 Å². The molecule has 0 aliphatic carbocycles. The summed E-state index contributed by atoms with van der Waals surface area (Å²) in [6.45, 7) is -0.556. The fraction of sp³-hybridized carbons (Fsp3) is 0.700. The zero-order valence-electron chi connectivity index (χ0n) is 23.3. The van der Waals surface area contributed by atoms with Crippen LogP contribution in [0.2, 0.25) is 0 Å². The summed E-state index contributed by atoms with van der Waals surface area (Å²) >= 11 is 10.5. The van der Waals surface area contributed by atoms with Crippen LogP contribution in [0.4, 0.5) is 0 Å². The van der Waals surface area contributed by atoms with E-state index in [1.807, 2.05) is 12.5 Å².